The zero-order valence-corrected chi connectivity index (χ0v) is 11.8. The van der Waals surface area contributed by atoms with E-state index in [0.717, 1.165) is 5.56 Å². The highest BCUT2D eigenvalue weighted by atomic mass is 79.9. The fourth-order valence-electron chi connectivity index (χ4n) is 2.14. The average molecular weight is 324 g/mol. The van der Waals surface area contributed by atoms with Crippen molar-refractivity contribution in [2.24, 2.45) is 5.73 Å². The molecule has 0 aliphatic rings. The Labute approximate surface area is 120 Å². The lowest BCUT2D eigenvalue weighted by atomic mass is 9.89. The van der Waals surface area contributed by atoms with Crippen molar-refractivity contribution in [2.45, 2.75) is 12.0 Å². The van der Waals surface area contributed by atoms with Crippen LogP contribution in [0.1, 0.15) is 23.1 Å². The molecular formula is C15H15BrFNO. The van der Waals surface area contributed by atoms with Crippen LogP contribution in [0.3, 0.4) is 0 Å². The second kappa shape index (κ2) is 6.28. The van der Waals surface area contributed by atoms with E-state index in [-0.39, 0.29) is 18.0 Å². The van der Waals surface area contributed by atoms with Gasteiger partial charge in [-0.1, -0.05) is 52.3 Å². The predicted molar refractivity (Wildman–Crippen MR) is 77.3 cm³/mol. The van der Waals surface area contributed by atoms with Gasteiger partial charge >= 0.3 is 0 Å². The van der Waals surface area contributed by atoms with Crippen molar-refractivity contribution in [2.75, 3.05) is 6.54 Å². The summed E-state index contributed by atoms with van der Waals surface area (Å²) in [6.07, 6.45) is -0.983. The van der Waals surface area contributed by atoms with E-state index in [1.807, 2.05) is 30.3 Å². The molecule has 4 heteroatoms. The maximum Gasteiger partial charge on any atom is 0.130 e. The quantitative estimate of drug-likeness (QED) is 0.906. The van der Waals surface area contributed by atoms with E-state index in [0.29, 0.717) is 4.47 Å². The monoisotopic (exact) mass is 323 g/mol. The molecule has 2 unspecified atom stereocenters. The zero-order chi connectivity index (χ0) is 13.8. The van der Waals surface area contributed by atoms with Crippen LogP contribution in [0.25, 0.3) is 0 Å². The van der Waals surface area contributed by atoms with E-state index in [4.69, 9.17) is 5.73 Å². The number of hydrogen-bond acceptors (Lipinski definition) is 2. The van der Waals surface area contributed by atoms with Gasteiger partial charge in [0.1, 0.15) is 5.82 Å². The third-order valence-corrected chi connectivity index (χ3v) is 3.85. The summed E-state index contributed by atoms with van der Waals surface area (Å²) < 4.78 is 14.4. The summed E-state index contributed by atoms with van der Waals surface area (Å²) in [5.41, 5.74) is 6.89. The first-order valence-electron chi connectivity index (χ1n) is 6.02. The third kappa shape index (κ3) is 3.03. The summed E-state index contributed by atoms with van der Waals surface area (Å²) in [5.74, 6) is -0.773. The number of aliphatic hydroxyl groups is 1. The molecule has 3 N–H and O–H groups in total. The number of halogens is 2. The Bertz CT molecular complexity index is 527. The van der Waals surface area contributed by atoms with Gasteiger partial charge in [0.25, 0.3) is 0 Å². The first-order chi connectivity index (χ1) is 9.15. The SMILES string of the molecule is NCC(c1ccccc1)C(O)c1c(F)cccc1Br. The average Bonchev–Trinajstić information content (AvgIpc) is 2.40. The lowest BCUT2D eigenvalue weighted by Gasteiger charge is -2.23. The number of nitrogens with two attached hydrogens (primary N) is 1. The topological polar surface area (TPSA) is 46.2 Å². The number of rotatable bonds is 4. The van der Waals surface area contributed by atoms with Crippen LogP contribution in [-0.4, -0.2) is 11.7 Å². The normalized spacial score (nSPS) is 14.1. The second-order valence-electron chi connectivity index (χ2n) is 4.33. The van der Waals surface area contributed by atoms with Crippen LogP contribution in [0.15, 0.2) is 53.0 Å². The Kier molecular flexibility index (Phi) is 4.69. The first kappa shape index (κ1) is 14.2. The number of hydrogen-bond donors (Lipinski definition) is 2. The molecular weight excluding hydrogens is 309 g/mol. The van der Waals surface area contributed by atoms with Crippen LogP contribution in [0, 0.1) is 5.82 Å². The molecule has 0 bridgehead atoms. The highest BCUT2D eigenvalue weighted by Crippen LogP contribution is 2.35. The summed E-state index contributed by atoms with van der Waals surface area (Å²) in [5, 5.41) is 10.4. The van der Waals surface area contributed by atoms with Gasteiger partial charge in [0.2, 0.25) is 0 Å². The third-order valence-electron chi connectivity index (χ3n) is 3.16. The van der Waals surface area contributed by atoms with Gasteiger partial charge in [0, 0.05) is 22.5 Å². The molecule has 0 radical (unpaired) electrons. The van der Waals surface area contributed by atoms with E-state index in [9.17, 15) is 9.50 Å². The minimum atomic E-state index is -0.983. The summed E-state index contributed by atoms with van der Waals surface area (Å²) in [6, 6.07) is 14.0. The molecule has 2 aromatic carbocycles. The number of aliphatic hydroxyl groups excluding tert-OH is 1. The van der Waals surface area contributed by atoms with Gasteiger partial charge in [-0.2, -0.15) is 0 Å². The Morgan fingerprint density at radius 1 is 1.11 bits per heavy atom. The fraction of sp³-hybridized carbons (Fsp3) is 0.200. The van der Waals surface area contributed by atoms with Gasteiger partial charge in [-0.05, 0) is 17.7 Å². The van der Waals surface area contributed by atoms with Gasteiger partial charge in [-0.25, -0.2) is 4.39 Å². The summed E-state index contributed by atoms with van der Waals surface area (Å²) in [6.45, 7) is 0.242. The molecule has 0 saturated heterocycles. The Morgan fingerprint density at radius 2 is 1.79 bits per heavy atom. The Balaban J connectivity index is 2.39. The summed E-state index contributed by atoms with van der Waals surface area (Å²) in [4.78, 5) is 0. The minimum Gasteiger partial charge on any atom is -0.388 e. The lowest BCUT2D eigenvalue weighted by molar-refractivity contribution is 0.142. The number of benzene rings is 2. The van der Waals surface area contributed by atoms with E-state index in [1.165, 1.54) is 6.07 Å². The van der Waals surface area contributed by atoms with Crippen LogP contribution >= 0.6 is 15.9 Å². The zero-order valence-electron chi connectivity index (χ0n) is 10.3. The molecule has 100 valence electrons. The summed E-state index contributed by atoms with van der Waals surface area (Å²) >= 11 is 3.28. The molecule has 2 nitrogen and oxygen atoms in total. The highest BCUT2D eigenvalue weighted by molar-refractivity contribution is 9.10. The molecule has 0 fully saturated rings. The lowest BCUT2D eigenvalue weighted by Crippen LogP contribution is -2.21. The molecule has 0 heterocycles. The van der Waals surface area contributed by atoms with Crippen molar-refractivity contribution in [3.05, 3.63) is 69.9 Å². The predicted octanol–water partition coefficient (Wildman–Crippen LogP) is 3.36. The van der Waals surface area contributed by atoms with Crippen LogP contribution in [0.4, 0.5) is 4.39 Å². The van der Waals surface area contributed by atoms with Crippen LogP contribution in [-0.2, 0) is 0 Å². The molecule has 19 heavy (non-hydrogen) atoms. The molecule has 0 spiro atoms. The van der Waals surface area contributed by atoms with Crippen LogP contribution < -0.4 is 5.73 Å². The molecule has 2 rings (SSSR count). The van der Waals surface area contributed by atoms with Gasteiger partial charge in [0.05, 0.1) is 6.10 Å². The molecule has 0 aromatic heterocycles. The maximum atomic E-state index is 13.9. The van der Waals surface area contributed by atoms with Crippen molar-refractivity contribution in [3.63, 3.8) is 0 Å². The van der Waals surface area contributed by atoms with Crippen molar-refractivity contribution < 1.29 is 9.50 Å². The largest absolute Gasteiger partial charge is 0.388 e. The van der Waals surface area contributed by atoms with Gasteiger partial charge in [0.15, 0.2) is 0 Å². The Morgan fingerprint density at radius 3 is 2.37 bits per heavy atom. The van der Waals surface area contributed by atoms with Crippen molar-refractivity contribution >= 4 is 15.9 Å². The van der Waals surface area contributed by atoms with E-state index in [1.54, 1.807) is 12.1 Å². The Hall–Kier alpha value is -1.23. The van der Waals surface area contributed by atoms with Crippen molar-refractivity contribution in [1.29, 1.82) is 0 Å². The van der Waals surface area contributed by atoms with Crippen molar-refractivity contribution in [3.8, 4) is 0 Å². The van der Waals surface area contributed by atoms with Gasteiger partial charge < -0.3 is 10.8 Å². The highest BCUT2D eigenvalue weighted by Gasteiger charge is 2.25. The standard InChI is InChI=1S/C15H15BrFNO/c16-12-7-4-8-13(17)14(12)15(19)11(9-18)10-5-2-1-3-6-10/h1-8,11,15,19H,9,18H2. The summed E-state index contributed by atoms with van der Waals surface area (Å²) in [7, 11) is 0. The van der Waals surface area contributed by atoms with Crippen molar-refractivity contribution in [1.82, 2.24) is 0 Å². The van der Waals surface area contributed by atoms with Gasteiger partial charge in [-0.3, -0.25) is 0 Å². The molecule has 2 atom stereocenters. The molecule has 2 aromatic rings. The second-order valence-corrected chi connectivity index (χ2v) is 5.19. The van der Waals surface area contributed by atoms with E-state index in [2.05, 4.69) is 15.9 Å². The van der Waals surface area contributed by atoms with Gasteiger partial charge in [-0.15, -0.1) is 0 Å². The molecule has 0 saturated carbocycles. The fourth-order valence-corrected chi connectivity index (χ4v) is 2.72. The molecule has 0 aliphatic heterocycles. The van der Waals surface area contributed by atoms with Crippen LogP contribution in [0.2, 0.25) is 0 Å². The minimum absolute atomic E-state index is 0.242. The molecule has 0 amide bonds. The van der Waals surface area contributed by atoms with E-state index >= 15 is 0 Å². The van der Waals surface area contributed by atoms with E-state index < -0.39 is 11.9 Å². The smallest absolute Gasteiger partial charge is 0.130 e. The first-order valence-corrected chi connectivity index (χ1v) is 6.81. The van der Waals surface area contributed by atoms with Crippen LogP contribution in [0.5, 0.6) is 0 Å². The molecule has 0 aliphatic carbocycles. The maximum absolute atomic E-state index is 13.9.